The van der Waals surface area contributed by atoms with Crippen molar-refractivity contribution < 1.29 is 4.74 Å². The van der Waals surface area contributed by atoms with Crippen molar-refractivity contribution in [1.29, 1.82) is 0 Å². The standard InChI is InChI=1S/C14H21IN2O2/c1-5-19-10(8-6-7-8)12-16-11(14(2,3)4)9(15)13(18)17-12/h8,10H,5-7H2,1-4H3,(H,16,17,18). The summed E-state index contributed by atoms with van der Waals surface area (Å²) in [6.07, 6.45) is 2.26. The van der Waals surface area contributed by atoms with Crippen molar-refractivity contribution >= 4 is 22.6 Å². The Labute approximate surface area is 127 Å². The minimum absolute atomic E-state index is 0.0547. The molecule has 1 aliphatic carbocycles. The molecule has 1 aromatic rings. The Kier molecular flexibility index (Phi) is 4.35. The number of H-pyrrole nitrogens is 1. The quantitative estimate of drug-likeness (QED) is 0.822. The maximum Gasteiger partial charge on any atom is 0.264 e. The van der Waals surface area contributed by atoms with Crippen molar-refractivity contribution in [1.82, 2.24) is 9.97 Å². The first-order valence-corrected chi connectivity index (χ1v) is 7.84. The Morgan fingerprint density at radius 2 is 2.11 bits per heavy atom. The van der Waals surface area contributed by atoms with Gasteiger partial charge in [0.25, 0.3) is 5.56 Å². The highest BCUT2D eigenvalue weighted by molar-refractivity contribution is 14.1. The van der Waals surface area contributed by atoms with Crippen LogP contribution in [0.1, 0.15) is 58.2 Å². The van der Waals surface area contributed by atoms with E-state index in [2.05, 4.69) is 48.3 Å². The van der Waals surface area contributed by atoms with Crippen molar-refractivity contribution in [3.63, 3.8) is 0 Å². The van der Waals surface area contributed by atoms with E-state index < -0.39 is 0 Å². The van der Waals surface area contributed by atoms with E-state index in [9.17, 15) is 4.79 Å². The van der Waals surface area contributed by atoms with Crippen LogP contribution in [0.4, 0.5) is 0 Å². The number of hydrogen-bond acceptors (Lipinski definition) is 3. The summed E-state index contributed by atoms with van der Waals surface area (Å²) in [5, 5.41) is 0. The lowest BCUT2D eigenvalue weighted by atomic mass is 9.92. The molecule has 0 bridgehead atoms. The fourth-order valence-corrected chi connectivity index (χ4v) is 3.19. The number of halogens is 1. The van der Waals surface area contributed by atoms with E-state index in [1.54, 1.807) is 0 Å². The minimum Gasteiger partial charge on any atom is -0.370 e. The highest BCUT2D eigenvalue weighted by Crippen LogP contribution is 2.42. The summed E-state index contributed by atoms with van der Waals surface area (Å²) < 4.78 is 6.46. The molecule has 1 aliphatic rings. The largest absolute Gasteiger partial charge is 0.370 e. The number of nitrogens with one attached hydrogen (secondary N) is 1. The number of hydrogen-bond donors (Lipinski definition) is 1. The molecule has 0 amide bonds. The zero-order chi connectivity index (χ0) is 14.2. The Morgan fingerprint density at radius 3 is 2.58 bits per heavy atom. The molecule has 1 aromatic heterocycles. The van der Waals surface area contributed by atoms with E-state index >= 15 is 0 Å². The number of nitrogens with zero attached hydrogens (tertiary/aromatic N) is 1. The van der Waals surface area contributed by atoms with Crippen molar-refractivity contribution in [2.45, 2.75) is 52.1 Å². The Bertz CT molecular complexity index is 515. The Balaban J connectivity index is 2.46. The van der Waals surface area contributed by atoms with Crippen LogP contribution in [-0.2, 0) is 10.2 Å². The van der Waals surface area contributed by atoms with Crippen LogP contribution in [0.25, 0.3) is 0 Å². The van der Waals surface area contributed by atoms with E-state index in [4.69, 9.17) is 9.72 Å². The predicted molar refractivity (Wildman–Crippen MR) is 83.4 cm³/mol. The summed E-state index contributed by atoms with van der Waals surface area (Å²) in [7, 11) is 0. The summed E-state index contributed by atoms with van der Waals surface area (Å²) in [4.78, 5) is 19.7. The number of aromatic nitrogens is 2. The van der Waals surface area contributed by atoms with Gasteiger partial charge in [-0.2, -0.15) is 0 Å². The molecule has 1 atom stereocenters. The van der Waals surface area contributed by atoms with Crippen LogP contribution in [0.3, 0.4) is 0 Å². The zero-order valence-corrected chi connectivity index (χ0v) is 14.1. The molecule has 19 heavy (non-hydrogen) atoms. The van der Waals surface area contributed by atoms with Gasteiger partial charge in [-0.05, 0) is 48.3 Å². The fraction of sp³-hybridized carbons (Fsp3) is 0.714. The number of rotatable bonds is 4. The first kappa shape index (κ1) is 15.0. The van der Waals surface area contributed by atoms with Gasteiger partial charge in [0.2, 0.25) is 0 Å². The highest BCUT2D eigenvalue weighted by Gasteiger charge is 2.35. The van der Waals surface area contributed by atoms with Crippen LogP contribution in [0, 0.1) is 9.49 Å². The minimum atomic E-state index is -0.139. The summed E-state index contributed by atoms with van der Waals surface area (Å²) in [6, 6.07) is 0. The first-order valence-electron chi connectivity index (χ1n) is 6.76. The third-order valence-electron chi connectivity index (χ3n) is 3.26. The molecular weight excluding hydrogens is 355 g/mol. The molecule has 1 saturated carbocycles. The molecule has 1 unspecified atom stereocenters. The van der Waals surface area contributed by atoms with Gasteiger partial charge in [0, 0.05) is 12.0 Å². The lowest BCUT2D eigenvalue weighted by Gasteiger charge is -2.22. The van der Waals surface area contributed by atoms with Gasteiger partial charge in [0.05, 0.1) is 5.69 Å². The zero-order valence-electron chi connectivity index (χ0n) is 11.9. The molecular formula is C14H21IN2O2. The molecule has 5 heteroatoms. The first-order chi connectivity index (χ1) is 8.84. The second kappa shape index (κ2) is 5.52. The molecule has 1 heterocycles. The van der Waals surface area contributed by atoms with Crippen LogP contribution in [0.15, 0.2) is 4.79 Å². The summed E-state index contributed by atoms with van der Waals surface area (Å²) in [6.45, 7) is 8.85. The van der Waals surface area contributed by atoms with Crippen molar-refractivity contribution in [2.24, 2.45) is 5.92 Å². The molecule has 1 N–H and O–H groups in total. The maximum absolute atomic E-state index is 12.1. The Morgan fingerprint density at radius 1 is 1.47 bits per heavy atom. The average Bonchev–Trinajstić information content (AvgIpc) is 3.12. The van der Waals surface area contributed by atoms with Crippen molar-refractivity contribution in [3.05, 3.63) is 25.4 Å². The third kappa shape index (κ3) is 3.37. The second-order valence-electron chi connectivity index (χ2n) is 6.08. The molecule has 106 valence electrons. The van der Waals surface area contributed by atoms with Crippen LogP contribution >= 0.6 is 22.6 Å². The van der Waals surface area contributed by atoms with Gasteiger partial charge >= 0.3 is 0 Å². The molecule has 0 aromatic carbocycles. The predicted octanol–water partition coefficient (Wildman–Crippen LogP) is 3.16. The van der Waals surface area contributed by atoms with E-state index in [0.717, 1.165) is 18.5 Å². The van der Waals surface area contributed by atoms with E-state index in [0.29, 0.717) is 21.9 Å². The van der Waals surface area contributed by atoms with Gasteiger partial charge in [-0.1, -0.05) is 20.8 Å². The third-order valence-corrected chi connectivity index (χ3v) is 4.26. The van der Waals surface area contributed by atoms with Crippen LogP contribution in [0.5, 0.6) is 0 Å². The SMILES string of the molecule is CCOC(c1nc(C(C)(C)C)c(I)c(=O)[nH]1)C1CC1. The average molecular weight is 376 g/mol. The molecule has 0 saturated heterocycles. The van der Waals surface area contributed by atoms with Crippen LogP contribution < -0.4 is 5.56 Å². The van der Waals surface area contributed by atoms with Crippen molar-refractivity contribution in [2.75, 3.05) is 6.61 Å². The Hall–Kier alpha value is -0.430. The van der Waals surface area contributed by atoms with E-state index in [-0.39, 0.29) is 17.1 Å². The van der Waals surface area contributed by atoms with Crippen LogP contribution in [-0.4, -0.2) is 16.6 Å². The van der Waals surface area contributed by atoms with Crippen molar-refractivity contribution in [3.8, 4) is 0 Å². The fourth-order valence-electron chi connectivity index (χ4n) is 2.12. The topological polar surface area (TPSA) is 55.0 Å². The maximum atomic E-state index is 12.1. The molecule has 1 fully saturated rings. The lowest BCUT2D eigenvalue weighted by Crippen LogP contribution is -2.27. The second-order valence-corrected chi connectivity index (χ2v) is 7.16. The smallest absolute Gasteiger partial charge is 0.264 e. The van der Waals surface area contributed by atoms with Gasteiger partial charge < -0.3 is 9.72 Å². The lowest BCUT2D eigenvalue weighted by molar-refractivity contribution is 0.0395. The van der Waals surface area contributed by atoms with Gasteiger partial charge in [0.1, 0.15) is 15.5 Å². The monoisotopic (exact) mass is 376 g/mol. The number of ether oxygens (including phenoxy) is 1. The van der Waals surface area contributed by atoms with Gasteiger partial charge in [-0.15, -0.1) is 0 Å². The molecule has 0 spiro atoms. The van der Waals surface area contributed by atoms with Gasteiger partial charge in [-0.25, -0.2) is 4.98 Å². The van der Waals surface area contributed by atoms with E-state index in [1.807, 2.05) is 6.92 Å². The summed E-state index contributed by atoms with van der Waals surface area (Å²) in [5.74, 6) is 1.20. The van der Waals surface area contributed by atoms with Crippen LogP contribution in [0.2, 0.25) is 0 Å². The normalized spacial score (nSPS) is 17.5. The summed E-state index contributed by atoms with van der Waals surface area (Å²) in [5.41, 5.74) is 0.665. The molecule has 0 radical (unpaired) electrons. The molecule has 0 aliphatic heterocycles. The number of aromatic amines is 1. The molecule has 2 rings (SSSR count). The summed E-state index contributed by atoms with van der Waals surface area (Å²) >= 11 is 2.08. The van der Waals surface area contributed by atoms with Gasteiger partial charge in [-0.3, -0.25) is 4.79 Å². The van der Waals surface area contributed by atoms with Gasteiger partial charge in [0.15, 0.2) is 0 Å². The molecule has 4 nitrogen and oxygen atoms in total. The highest BCUT2D eigenvalue weighted by atomic mass is 127. The van der Waals surface area contributed by atoms with E-state index in [1.165, 1.54) is 0 Å².